The third kappa shape index (κ3) is 12.8. The average Bonchev–Trinajstić information content (AvgIpc) is 3.33. The lowest BCUT2D eigenvalue weighted by atomic mass is 9.77. The molecule has 0 aromatic heterocycles. The number of nitrogens with zero attached hydrogens (tertiary/aromatic N) is 2. The molecule has 16 nitrogen and oxygen atoms in total. The smallest absolute Gasteiger partial charge is 0.233 e. The van der Waals surface area contributed by atoms with E-state index in [0.717, 1.165) is 16.5 Å². The lowest BCUT2D eigenvalue weighted by Gasteiger charge is -2.30. The summed E-state index contributed by atoms with van der Waals surface area (Å²) < 4.78 is 119. The van der Waals surface area contributed by atoms with Crippen LogP contribution in [0.5, 0.6) is 0 Å². The number of ether oxygens (including phenoxy) is 1. The van der Waals surface area contributed by atoms with Crippen LogP contribution in [0.25, 0.3) is 17.4 Å². The summed E-state index contributed by atoms with van der Waals surface area (Å²) in [5, 5.41) is 0.729. The lowest BCUT2D eigenvalue weighted by molar-refractivity contribution is -0.121. The number of amides is 1. The second kappa shape index (κ2) is 19.4. The monoisotopic (exact) mass is 866 g/mol. The molecule has 3 N–H and O–H groups in total. The molecular weight excluding hydrogens is 813 g/mol. The summed E-state index contributed by atoms with van der Waals surface area (Å²) in [5.41, 5.74) is 4.16. The van der Waals surface area contributed by atoms with Crippen LogP contribution in [0.15, 0.2) is 69.6 Å². The minimum atomic E-state index is -4.86. The van der Waals surface area contributed by atoms with E-state index in [0.29, 0.717) is 54.5 Å². The second-order valence-electron chi connectivity index (χ2n) is 15.2. The van der Waals surface area contributed by atoms with Gasteiger partial charge in [0.25, 0.3) is 0 Å². The molecule has 322 valence electrons. The van der Waals surface area contributed by atoms with Crippen molar-refractivity contribution in [2.45, 2.75) is 83.0 Å². The standard InChI is InChI=1S/C38H52N4O12S3.CH4/c1-37(2,3)31-25-28(54-34-24-27(13-15-30(31)34)41(20-21-53-5)18-8-22-55(44,45)46)10-6-11-35-38(4,17-7-12-36(43)40-39)32-26-29(57(50,51)52)14-16-33(32)42(35)19-9-23-56(47,48)49;/h6,10-11,13-16,24-26H,7-9,12,17-23,39H2,1-5H3,(H3-,40,43,44,45,46,47,48,49,50,51,52);1H4/p-2. The number of nitrogens with two attached hydrogens (primary N) is 1. The van der Waals surface area contributed by atoms with Gasteiger partial charge < -0.3 is 27.7 Å². The van der Waals surface area contributed by atoms with Crippen LogP contribution in [0, 0.1) is 0 Å². The Morgan fingerprint density at radius 2 is 1.64 bits per heavy atom. The first kappa shape index (κ1) is 48.4. The highest BCUT2D eigenvalue weighted by Gasteiger charge is 2.43. The molecule has 1 unspecified atom stereocenters. The van der Waals surface area contributed by atoms with E-state index in [1.54, 1.807) is 30.2 Å². The molecule has 2 aliphatic heterocycles. The molecule has 0 saturated heterocycles. The van der Waals surface area contributed by atoms with Crippen molar-refractivity contribution >= 4 is 48.0 Å². The summed E-state index contributed by atoms with van der Waals surface area (Å²) in [6, 6.07) is 11.5. The molecule has 1 amide bonds. The summed E-state index contributed by atoms with van der Waals surface area (Å²) in [4.78, 5) is 13.4. The number of carbonyl (C=O) groups is 1. The van der Waals surface area contributed by atoms with Gasteiger partial charge in [-0.3, -0.25) is 10.2 Å². The number of nitrogens with one attached hydrogen (secondary N) is 1. The molecule has 3 aliphatic rings. The molecule has 0 spiro atoms. The van der Waals surface area contributed by atoms with Crippen LogP contribution in [0.2, 0.25) is 0 Å². The highest BCUT2D eigenvalue weighted by Crippen LogP contribution is 2.51. The van der Waals surface area contributed by atoms with Crippen molar-refractivity contribution in [3.05, 3.63) is 82.6 Å². The molecule has 0 radical (unpaired) electrons. The molecule has 1 aromatic carbocycles. The van der Waals surface area contributed by atoms with Gasteiger partial charge in [0.15, 0.2) is 6.54 Å². The van der Waals surface area contributed by atoms with E-state index in [-0.39, 0.29) is 45.2 Å². The minimum absolute atomic E-state index is 0. The number of hydrazine groups is 1. The van der Waals surface area contributed by atoms with Crippen molar-refractivity contribution in [3.63, 3.8) is 0 Å². The number of allylic oxidation sites excluding steroid dienone is 3. The van der Waals surface area contributed by atoms with Crippen molar-refractivity contribution in [2.75, 3.05) is 49.8 Å². The topological polar surface area (TPSA) is 255 Å². The fourth-order valence-corrected chi connectivity index (χ4v) is 8.56. The van der Waals surface area contributed by atoms with Gasteiger partial charge in [-0.1, -0.05) is 34.3 Å². The lowest BCUT2D eigenvalue weighted by Crippen LogP contribution is -2.34. The first-order valence-electron chi connectivity index (χ1n) is 18.3. The Hall–Kier alpha value is -3.95. The highest BCUT2D eigenvalue weighted by molar-refractivity contribution is 7.86. The predicted molar refractivity (Wildman–Crippen MR) is 218 cm³/mol. The molecule has 1 atom stereocenters. The predicted octanol–water partition coefficient (Wildman–Crippen LogP) is 3.35. The number of methoxy groups -OCH3 is 1. The zero-order valence-corrected chi connectivity index (χ0v) is 35.1. The Morgan fingerprint density at radius 3 is 2.24 bits per heavy atom. The van der Waals surface area contributed by atoms with Gasteiger partial charge >= 0.3 is 0 Å². The molecule has 0 bridgehead atoms. The van der Waals surface area contributed by atoms with Crippen molar-refractivity contribution in [1.29, 1.82) is 0 Å². The zero-order valence-electron chi connectivity index (χ0n) is 32.6. The fraction of sp³-hybridized carbons (Fsp3) is 0.487. The maximum absolute atomic E-state index is 12.1. The summed E-state index contributed by atoms with van der Waals surface area (Å²) in [6.45, 7) is 9.13. The van der Waals surface area contributed by atoms with Gasteiger partial charge in [0, 0.05) is 66.4 Å². The van der Waals surface area contributed by atoms with Crippen LogP contribution in [-0.2, 0) is 50.7 Å². The molecule has 58 heavy (non-hydrogen) atoms. The largest absolute Gasteiger partial charge is 0.748 e. The number of anilines is 1. The van der Waals surface area contributed by atoms with E-state index in [4.69, 9.17) is 15.0 Å². The van der Waals surface area contributed by atoms with Gasteiger partial charge in [-0.2, -0.15) is 0 Å². The zero-order chi connectivity index (χ0) is 42.4. The third-order valence-corrected chi connectivity index (χ3v) is 12.3. The van der Waals surface area contributed by atoms with Crippen LogP contribution in [0.4, 0.5) is 5.69 Å². The summed E-state index contributed by atoms with van der Waals surface area (Å²) >= 11 is 0. The minimum Gasteiger partial charge on any atom is -0.748 e. The van der Waals surface area contributed by atoms with Gasteiger partial charge in [0.1, 0.15) is 34.8 Å². The summed E-state index contributed by atoms with van der Waals surface area (Å²) in [7, 11) is -12.2. The second-order valence-corrected chi connectivity index (χ2v) is 19.6. The van der Waals surface area contributed by atoms with Crippen LogP contribution in [0.1, 0.15) is 84.1 Å². The fourth-order valence-electron chi connectivity index (χ4n) is 7.10. The quantitative estimate of drug-likeness (QED) is 0.0612. The van der Waals surface area contributed by atoms with Crippen LogP contribution in [0.3, 0.4) is 0 Å². The maximum Gasteiger partial charge on any atom is 0.233 e. The molecule has 2 heterocycles. The van der Waals surface area contributed by atoms with Crippen LogP contribution < -0.4 is 26.1 Å². The normalized spacial score (nSPS) is 17.5. The van der Waals surface area contributed by atoms with Crippen molar-refractivity contribution in [3.8, 4) is 11.3 Å². The average molecular weight is 867 g/mol. The first-order valence-corrected chi connectivity index (χ1v) is 22.8. The Bertz CT molecular complexity index is 2380. The Kier molecular flexibility index (Phi) is 16.2. The molecule has 1 aromatic rings. The van der Waals surface area contributed by atoms with Gasteiger partial charge in [-0.15, -0.1) is 0 Å². The summed E-state index contributed by atoms with van der Waals surface area (Å²) in [6.07, 6.45) is 5.95. The molecule has 19 heteroatoms. The van der Waals surface area contributed by atoms with Crippen molar-refractivity contribution in [2.24, 2.45) is 5.84 Å². The van der Waals surface area contributed by atoms with E-state index < -0.39 is 58.1 Å². The van der Waals surface area contributed by atoms with Crippen LogP contribution >= 0.6 is 0 Å². The van der Waals surface area contributed by atoms with E-state index in [1.165, 1.54) is 18.2 Å². The number of carbonyl (C=O) groups excluding carboxylic acids is 1. The van der Waals surface area contributed by atoms with Gasteiger partial charge in [-0.05, 0) is 85.2 Å². The number of hydrogen-bond donors (Lipinski definition) is 2. The highest BCUT2D eigenvalue weighted by atomic mass is 32.2. The Labute approximate surface area is 342 Å². The van der Waals surface area contributed by atoms with E-state index in [2.05, 4.69) is 26.2 Å². The molecule has 4 rings (SSSR count). The SMILES string of the molecule is C.COCC[N+](CCCS(=O)(=O)[O-])=c1ccc2c(C(C)(C)C)cc(/C=C/C=C3/N(CCCS(=O)(=O)[O-])c4ccc(S(=O)(=O)[O-])cc4C3(C)CCCC(=O)NN)oc-2c1. The molecule has 1 aliphatic carbocycles. The van der Waals surface area contributed by atoms with Gasteiger partial charge in [0.2, 0.25) is 11.3 Å². The number of benzene rings is 2. The Balaban J connectivity index is 0.00000900. The van der Waals surface area contributed by atoms with E-state index >= 15 is 0 Å². The Morgan fingerprint density at radius 1 is 0.966 bits per heavy atom. The van der Waals surface area contributed by atoms with Gasteiger partial charge in [0.05, 0.1) is 31.2 Å². The number of hydrogen-bond acceptors (Lipinski definition) is 14. The van der Waals surface area contributed by atoms with E-state index in [9.17, 15) is 43.7 Å². The third-order valence-electron chi connectivity index (χ3n) is 9.86. The van der Waals surface area contributed by atoms with Gasteiger partial charge in [-0.25, -0.2) is 35.7 Å². The maximum atomic E-state index is 12.1. The number of fused-ring (bicyclic) bond motifs is 2. The number of rotatable bonds is 18. The summed E-state index contributed by atoms with van der Waals surface area (Å²) in [5.74, 6) is 4.74. The van der Waals surface area contributed by atoms with Crippen molar-refractivity contribution < 1.29 is 52.9 Å². The molecule has 0 saturated carbocycles. The van der Waals surface area contributed by atoms with Crippen LogP contribution in [-0.4, -0.2) is 89.7 Å². The molecular formula is C39H54N4O12S3-2. The van der Waals surface area contributed by atoms with Crippen molar-refractivity contribution in [1.82, 2.24) is 10.0 Å². The first-order chi connectivity index (χ1) is 26.5. The van der Waals surface area contributed by atoms with E-state index in [1.807, 2.05) is 35.8 Å². The molecule has 0 fully saturated rings.